The summed E-state index contributed by atoms with van der Waals surface area (Å²) in [6, 6.07) is 12.0. The molecule has 0 radical (unpaired) electrons. The molecule has 0 bridgehead atoms. The molecule has 0 fully saturated rings. The predicted molar refractivity (Wildman–Crippen MR) is 91.6 cm³/mol. The van der Waals surface area contributed by atoms with Crippen molar-refractivity contribution >= 4 is 41.5 Å². The van der Waals surface area contributed by atoms with Gasteiger partial charge in [0.1, 0.15) is 0 Å². The molecule has 0 aliphatic carbocycles. The lowest BCUT2D eigenvalue weighted by atomic mass is 10.2. The molecule has 0 saturated heterocycles. The van der Waals surface area contributed by atoms with Gasteiger partial charge < -0.3 is 4.90 Å². The molecule has 0 N–H and O–H groups in total. The van der Waals surface area contributed by atoms with E-state index < -0.39 is 0 Å². The second-order valence-corrected chi connectivity index (χ2v) is 4.55. The first-order valence-corrected chi connectivity index (χ1v) is 6.09. The van der Waals surface area contributed by atoms with Crippen LogP contribution in [0.2, 0.25) is 0 Å². The number of hydrogen-bond donors (Lipinski definition) is 0. The average Bonchev–Trinajstić information content (AvgIpc) is 2.47. The molecule has 2 aromatic heterocycles. The Morgan fingerprint density at radius 2 is 1.62 bits per heavy atom. The van der Waals surface area contributed by atoms with E-state index >= 15 is 0 Å². The van der Waals surface area contributed by atoms with Crippen molar-refractivity contribution in [3.8, 4) is 11.4 Å². The van der Waals surface area contributed by atoms with Crippen LogP contribution in [0.25, 0.3) is 22.4 Å². The van der Waals surface area contributed by atoms with E-state index in [1.165, 1.54) is 0 Å². The smallest absolute Gasteiger partial charge is 0.163 e. The van der Waals surface area contributed by atoms with Crippen LogP contribution in [0, 0.1) is 0 Å². The number of rotatable bonds is 2. The Morgan fingerprint density at radius 3 is 2.29 bits per heavy atom. The molecule has 0 saturated carbocycles. The Hall–Kier alpha value is -1.91. The lowest BCUT2D eigenvalue weighted by Gasteiger charge is -2.12. The number of halogens is 2. The number of fused-ring (bicyclic) bond motifs is 1. The summed E-state index contributed by atoms with van der Waals surface area (Å²) in [7, 11) is 4.04. The molecule has 110 valence electrons. The summed E-state index contributed by atoms with van der Waals surface area (Å²) in [5, 5.41) is 0.955. The molecule has 1 aromatic carbocycles. The van der Waals surface area contributed by atoms with E-state index in [1.807, 2.05) is 44.6 Å². The van der Waals surface area contributed by atoms with Crippen LogP contribution in [0.15, 0.2) is 48.8 Å². The summed E-state index contributed by atoms with van der Waals surface area (Å²) in [6.07, 6.45) is 3.55. The van der Waals surface area contributed by atoms with E-state index in [1.54, 1.807) is 6.20 Å². The fraction of sp³-hybridized carbons (Fsp3) is 0.133. The first-order chi connectivity index (χ1) is 9.24. The Labute approximate surface area is 136 Å². The normalized spacial score (nSPS) is 9.62. The zero-order chi connectivity index (χ0) is 13.2. The van der Waals surface area contributed by atoms with Crippen molar-refractivity contribution in [1.82, 2.24) is 15.0 Å². The van der Waals surface area contributed by atoms with Gasteiger partial charge in [0, 0.05) is 43.1 Å². The minimum absolute atomic E-state index is 0. The molecular formula is C15H16Cl2N4. The van der Waals surface area contributed by atoms with Crippen LogP contribution in [-0.4, -0.2) is 29.0 Å². The Balaban J connectivity index is 0.00000110. The van der Waals surface area contributed by atoms with E-state index in [2.05, 4.69) is 32.0 Å². The molecule has 0 amide bonds. The summed E-state index contributed by atoms with van der Waals surface area (Å²) in [6.45, 7) is 0. The molecule has 2 heterocycles. The average molecular weight is 323 g/mol. The van der Waals surface area contributed by atoms with Crippen LogP contribution in [0.4, 0.5) is 5.69 Å². The summed E-state index contributed by atoms with van der Waals surface area (Å²) < 4.78 is 0. The van der Waals surface area contributed by atoms with Crippen LogP contribution in [0.3, 0.4) is 0 Å². The molecule has 6 heteroatoms. The van der Waals surface area contributed by atoms with Crippen LogP contribution >= 0.6 is 24.8 Å². The van der Waals surface area contributed by atoms with E-state index in [0.717, 1.165) is 22.3 Å². The van der Waals surface area contributed by atoms with Crippen molar-refractivity contribution in [1.29, 1.82) is 0 Å². The first-order valence-electron chi connectivity index (χ1n) is 6.09. The second-order valence-electron chi connectivity index (χ2n) is 4.55. The van der Waals surface area contributed by atoms with Crippen molar-refractivity contribution in [2.45, 2.75) is 0 Å². The molecule has 3 rings (SSSR count). The lowest BCUT2D eigenvalue weighted by molar-refractivity contribution is 1.13. The van der Waals surface area contributed by atoms with Crippen LogP contribution < -0.4 is 4.90 Å². The highest BCUT2D eigenvalue weighted by molar-refractivity contribution is 5.85. The number of pyridine rings is 1. The van der Waals surface area contributed by atoms with Gasteiger partial charge in [0.2, 0.25) is 0 Å². The largest absolute Gasteiger partial charge is 0.378 e. The highest BCUT2D eigenvalue weighted by Crippen LogP contribution is 2.20. The Kier molecular flexibility index (Phi) is 5.88. The molecule has 4 nitrogen and oxygen atoms in total. The van der Waals surface area contributed by atoms with E-state index in [4.69, 9.17) is 0 Å². The zero-order valence-electron chi connectivity index (χ0n) is 11.7. The third-order valence-electron chi connectivity index (χ3n) is 3.00. The quantitative estimate of drug-likeness (QED) is 0.723. The number of benzene rings is 1. The number of aromatic nitrogens is 3. The molecular weight excluding hydrogens is 307 g/mol. The van der Waals surface area contributed by atoms with Gasteiger partial charge in [-0.25, -0.2) is 15.0 Å². The van der Waals surface area contributed by atoms with Gasteiger partial charge in [0.05, 0.1) is 0 Å². The SMILES string of the molecule is CN(C)c1ccc(-c2ncc3cccnc3n2)cc1.Cl.Cl. The minimum atomic E-state index is 0. The Morgan fingerprint density at radius 1 is 0.905 bits per heavy atom. The third-order valence-corrected chi connectivity index (χ3v) is 3.00. The molecule has 3 aromatic rings. The first kappa shape index (κ1) is 17.1. The lowest BCUT2D eigenvalue weighted by Crippen LogP contribution is -2.08. The summed E-state index contributed by atoms with van der Waals surface area (Å²) in [5.41, 5.74) is 2.88. The third kappa shape index (κ3) is 3.60. The fourth-order valence-corrected chi connectivity index (χ4v) is 1.91. The van der Waals surface area contributed by atoms with Gasteiger partial charge in [-0.05, 0) is 36.4 Å². The fourth-order valence-electron chi connectivity index (χ4n) is 1.91. The van der Waals surface area contributed by atoms with Crippen molar-refractivity contribution in [2.75, 3.05) is 19.0 Å². The van der Waals surface area contributed by atoms with Crippen molar-refractivity contribution in [3.05, 3.63) is 48.8 Å². The molecule has 0 aliphatic rings. The van der Waals surface area contributed by atoms with Gasteiger partial charge >= 0.3 is 0 Å². The Bertz CT molecular complexity index is 714. The van der Waals surface area contributed by atoms with Gasteiger partial charge in [0.25, 0.3) is 0 Å². The van der Waals surface area contributed by atoms with Crippen molar-refractivity contribution in [3.63, 3.8) is 0 Å². The molecule has 0 atom stereocenters. The monoisotopic (exact) mass is 322 g/mol. The van der Waals surface area contributed by atoms with Gasteiger partial charge in [-0.15, -0.1) is 24.8 Å². The van der Waals surface area contributed by atoms with Gasteiger partial charge in [-0.1, -0.05) is 0 Å². The summed E-state index contributed by atoms with van der Waals surface area (Å²) in [4.78, 5) is 15.2. The van der Waals surface area contributed by atoms with Crippen molar-refractivity contribution < 1.29 is 0 Å². The van der Waals surface area contributed by atoms with E-state index in [9.17, 15) is 0 Å². The minimum Gasteiger partial charge on any atom is -0.378 e. The van der Waals surface area contributed by atoms with Gasteiger partial charge in [-0.2, -0.15) is 0 Å². The molecule has 0 spiro atoms. The number of nitrogens with zero attached hydrogens (tertiary/aromatic N) is 4. The summed E-state index contributed by atoms with van der Waals surface area (Å²) in [5.74, 6) is 0.705. The predicted octanol–water partition coefficient (Wildman–Crippen LogP) is 3.60. The van der Waals surface area contributed by atoms with Crippen LogP contribution in [-0.2, 0) is 0 Å². The highest BCUT2D eigenvalue weighted by atomic mass is 35.5. The maximum atomic E-state index is 4.48. The van der Waals surface area contributed by atoms with Crippen LogP contribution in [0.1, 0.15) is 0 Å². The second kappa shape index (κ2) is 7.20. The maximum absolute atomic E-state index is 4.48. The highest BCUT2D eigenvalue weighted by Gasteiger charge is 2.04. The maximum Gasteiger partial charge on any atom is 0.163 e. The molecule has 0 unspecified atom stereocenters. The van der Waals surface area contributed by atoms with E-state index in [-0.39, 0.29) is 24.8 Å². The van der Waals surface area contributed by atoms with Crippen molar-refractivity contribution in [2.24, 2.45) is 0 Å². The number of hydrogen-bond acceptors (Lipinski definition) is 4. The van der Waals surface area contributed by atoms with Gasteiger partial charge in [-0.3, -0.25) is 0 Å². The number of anilines is 1. The van der Waals surface area contributed by atoms with E-state index in [0.29, 0.717) is 5.82 Å². The topological polar surface area (TPSA) is 41.9 Å². The summed E-state index contributed by atoms with van der Waals surface area (Å²) >= 11 is 0. The molecule has 0 aliphatic heterocycles. The molecule has 21 heavy (non-hydrogen) atoms. The van der Waals surface area contributed by atoms with Crippen LogP contribution in [0.5, 0.6) is 0 Å². The standard InChI is InChI=1S/C15H14N4.2ClH/c1-19(2)13-7-5-11(6-8-13)14-17-10-12-4-3-9-16-15(12)18-14;;/h3-10H,1-2H3;2*1H. The zero-order valence-corrected chi connectivity index (χ0v) is 13.4. The van der Waals surface area contributed by atoms with Gasteiger partial charge in [0.15, 0.2) is 11.5 Å².